The lowest BCUT2D eigenvalue weighted by Gasteiger charge is -2.19. The monoisotopic (exact) mass is 513 g/mol. The van der Waals surface area contributed by atoms with Crippen LogP contribution < -0.4 is 20.9 Å². The first-order valence-corrected chi connectivity index (χ1v) is 10.9. The number of anilines is 1. The quantitative estimate of drug-likeness (QED) is 0.415. The van der Waals surface area contributed by atoms with Crippen molar-refractivity contribution in [2.75, 3.05) is 12.4 Å². The normalized spacial score (nSPS) is 11.5. The first-order chi connectivity index (χ1) is 15.8. The van der Waals surface area contributed by atoms with Gasteiger partial charge < -0.3 is 25.0 Å². The molecule has 9 heteroatoms. The molecule has 0 aliphatic heterocycles. The standard InChI is InChI=1S/C24H24BrN3O5/c1-15-12-16(9-10-21(15)33-2)20(13-22(29)30)27-24(32)26-19-8-5-11-28(23(19)31)14-17-6-3-4-7-18(17)25/h3-12,20H,13-14H2,1-2H3,(H,29,30)(H2,26,27,32)/t20-/m0/s1. The Morgan fingerprint density at radius 1 is 1.15 bits per heavy atom. The van der Waals surface area contributed by atoms with Gasteiger partial charge in [-0.05, 0) is 47.9 Å². The zero-order valence-electron chi connectivity index (χ0n) is 18.2. The van der Waals surface area contributed by atoms with Gasteiger partial charge in [-0.25, -0.2) is 4.79 Å². The van der Waals surface area contributed by atoms with Gasteiger partial charge in [0.1, 0.15) is 11.4 Å². The molecule has 0 bridgehead atoms. The molecule has 2 aromatic carbocycles. The molecule has 8 nitrogen and oxygen atoms in total. The number of ether oxygens (including phenoxy) is 1. The van der Waals surface area contributed by atoms with Crippen LogP contribution in [0, 0.1) is 6.92 Å². The van der Waals surface area contributed by atoms with Crippen LogP contribution in [0.5, 0.6) is 5.75 Å². The number of rotatable bonds is 8. The van der Waals surface area contributed by atoms with Gasteiger partial charge >= 0.3 is 12.0 Å². The van der Waals surface area contributed by atoms with E-state index in [9.17, 15) is 19.5 Å². The molecular formula is C24H24BrN3O5. The Morgan fingerprint density at radius 3 is 2.58 bits per heavy atom. The van der Waals surface area contributed by atoms with Crippen LogP contribution in [0.1, 0.15) is 29.2 Å². The van der Waals surface area contributed by atoms with Crippen LogP contribution >= 0.6 is 15.9 Å². The Kier molecular flexibility index (Phi) is 7.89. The zero-order valence-corrected chi connectivity index (χ0v) is 19.8. The smallest absolute Gasteiger partial charge is 0.319 e. The van der Waals surface area contributed by atoms with Crippen LogP contribution in [0.2, 0.25) is 0 Å². The minimum Gasteiger partial charge on any atom is -0.496 e. The molecule has 0 spiro atoms. The third-order valence-electron chi connectivity index (χ3n) is 5.07. The van der Waals surface area contributed by atoms with Gasteiger partial charge in [-0.1, -0.05) is 46.3 Å². The lowest BCUT2D eigenvalue weighted by atomic mass is 10.0. The second-order valence-electron chi connectivity index (χ2n) is 7.42. The second kappa shape index (κ2) is 10.8. The van der Waals surface area contributed by atoms with Gasteiger partial charge in [-0.3, -0.25) is 9.59 Å². The molecule has 33 heavy (non-hydrogen) atoms. The molecule has 1 atom stereocenters. The minimum atomic E-state index is -1.07. The van der Waals surface area contributed by atoms with E-state index in [1.807, 2.05) is 31.2 Å². The second-order valence-corrected chi connectivity index (χ2v) is 8.28. The van der Waals surface area contributed by atoms with Crippen molar-refractivity contribution in [3.05, 3.63) is 92.3 Å². The first kappa shape index (κ1) is 24.1. The van der Waals surface area contributed by atoms with Crippen molar-refractivity contribution in [3.63, 3.8) is 0 Å². The number of aromatic nitrogens is 1. The maximum absolute atomic E-state index is 12.9. The lowest BCUT2D eigenvalue weighted by molar-refractivity contribution is -0.137. The summed E-state index contributed by atoms with van der Waals surface area (Å²) >= 11 is 3.47. The number of carboxylic acid groups (broad SMARTS) is 1. The van der Waals surface area contributed by atoms with E-state index >= 15 is 0 Å². The highest BCUT2D eigenvalue weighted by atomic mass is 79.9. The molecule has 172 valence electrons. The Morgan fingerprint density at radius 2 is 1.91 bits per heavy atom. The zero-order chi connectivity index (χ0) is 24.0. The number of carbonyl (C=O) groups is 2. The van der Waals surface area contributed by atoms with Gasteiger partial charge in [-0.15, -0.1) is 0 Å². The highest BCUT2D eigenvalue weighted by Gasteiger charge is 2.20. The largest absolute Gasteiger partial charge is 0.496 e. The fourth-order valence-electron chi connectivity index (χ4n) is 3.43. The van der Waals surface area contributed by atoms with Gasteiger partial charge in [0.2, 0.25) is 0 Å². The summed E-state index contributed by atoms with van der Waals surface area (Å²) < 4.78 is 7.60. The fourth-order valence-corrected chi connectivity index (χ4v) is 3.84. The third kappa shape index (κ3) is 6.23. The van der Waals surface area contributed by atoms with E-state index in [1.54, 1.807) is 37.6 Å². The van der Waals surface area contributed by atoms with E-state index in [0.29, 0.717) is 17.9 Å². The summed E-state index contributed by atoms with van der Waals surface area (Å²) in [7, 11) is 1.55. The highest BCUT2D eigenvalue weighted by molar-refractivity contribution is 9.10. The molecule has 1 aromatic heterocycles. The third-order valence-corrected chi connectivity index (χ3v) is 5.85. The van der Waals surface area contributed by atoms with Crippen molar-refractivity contribution in [1.29, 1.82) is 0 Å². The van der Waals surface area contributed by atoms with Crippen LogP contribution in [0.4, 0.5) is 10.5 Å². The van der Waals surface area contributed by atoms with Crippen LogP contribution in [-0.4, -0.2) is 28.8 Å². The SMILES string of the molecule is COc1ccc([C@H](CC(=O)O)NC(=O)Nc2cccn(Cc3ccccc3Br)c2=O)cc1C. The summed E-state index contributed by atoms with van der Waals surface area (Å²) in [5.74, 6) is -0.406. The molecule has 3 N–H and O–H groups in total. The molecule has 0 aliphatic carbocycles. The molecule has 3 aromatic rings. The number of amides is 2. The van der Waals surface area contributed by atoms with E-state index in [2.05, 4.69) is 26.6 Å². The summed E-state index contributed by atoms with van der Waals surface area (Å²) in [5.41, 5.74) is 2.05. The average molecular weight is 514 g/mol. The number of aliphatic carboxylic acids is 1. The molecule has 0 fully saturated rings. The van der Waals surface area contributed by atoms with Crippen molar-refractivity contribution in [3.8, 4) is 5.75 Å². The number of aryl methyl sites for hydroxylation is 1. The number of nitrogens with one attached hydrogen (secondary N) is 2. The van der Waals surface area contributed by atoms with Crippen molar-refractivity contribution in [2.24, 2.45) is 0 Å². The van der Waals surface area contributed by atoms with Gasteiger partial charge in [0.05, 0.1) is 26.1 Å². The van der Waals surface area contributed by atoms with Crippen LogP contribution in [0.3, 0.4) is 0 Å². The number of pyridine rings is 1. The Balaban J connectivity index is 1.78. The predicted octanol–water partition coefficient (Wildman–Crippen LogP) is 4.31. The predicted molar refractivity (Wildman–Crippen MR) is 129 cm³/mol. The van der Waals surface area contributed by atoms with E-state index in [4.69, 9.17) is 4.74 Å². The number of halogens is 1. The molecule has 1 heterocycles. The Hall–Kier alpha value is -3.59. The van der Waals surface area contributed by atoms with Crippen molar-refractivity contribution < 1.29 is 19.4 Å². The number of benzene rings is 2. The molecule has 3 rings (SSSR count). The summed E-state index contributed by atoms with van der Waals surface area (Å²) in [6.07, 6.45) is 1.32. The van der Waals surface area contributed by atoms with Crippen LogP contribution in [0.25, 0.3) is 0 Å². The maximum atomic E-state index is 12.9. The van der Waals surface area contributed by atoms with Gasteiger partial charge in [0.15, 0.2) is 0 Å². The Labute approximate surface area is 199 Å². The molecule has 0 radical (unpaired) electrons. The van der Waals surface area contributed by atoms with E-state index in [1.165, 1.54) is 10.6 Å². The molecule has 2 amide bonds. The molecule has 0 unspecified atom stereocenters. The van der Waals surface area contributed by atoms with Crippen molar-refractivity contribution >= 4 is 33.6 Å². The summed E-state index contributed by atoms with van der Waals surface area (Å²) in [4.78, 5) is 36.9. The summed E-state index contributed by atoms with van der Waals surface area (Å²) in [5, 5.41) is 14.5. The first-order valence-electron chi connectivity index (χ1n) is 10.1. The number of carbonyl (C=O) groups excluding carboxylic acids is 1. The van der Waals surface area contributed by atoms with Crippen LogP contribution in [-0.2, 0) is 11.3 Å². The topological polar surface area (TPSA) is 110 Å². The van der Waals surface area contributed by atoms with E-state index in [-0.39, 0.29) is 17.7 Å². The maximum Gasteiger partial charge on any atom is 0.319 e. The van der Waals surface area contributed by atoms with Gasteiger partial charge in [0.25, 0.3) is 5.56 Å². The number of hydrogen-bond acceptors (Lipinski definition) is 4. The number of carboxylic acids is 1. The van der Waals surface area contributed by atoms with Crippen LogP contribution in [0.15, 0.2) is 70.1 Å². The van der Waals surface area contributed by atoms with E-state index < -0.39 is 18.0 Å². The summed E-state index contributed by atoms with van der Waals surface area (Å²) in [6, 6.07) is 14.4. The van der Waals surface area contributed by atoms with Crippen molar-refractivity contribution in [2.45, 2.75) is 25.9 Å². The average Bonchev–Trinajstić information content (AvgIpc) is 2.77. The molecule has 0 saturated carbocycles. The molecular weight excluding hydrogens is 490 g/mol. The summed E-state index contributed by atoms with van der Waals surface area (Å²) in [6.45, 7) is 2.15. The number of methoxy groups -OCH3 is 1. The highest BCUT2D eigenvalue weighted by Crippen LogP contribution is 2.24. The number of nitrogens with zero attached hydrogens (tertiary/aromatic N) is 1. The Bertz CT molecular complexity index is 1220. The van der Waals surface area contributed by atoms with Gasteiger partial charge in [0, 0.05) is 10.7 Å². The molecule has 0 aliphatic rings. The van der Waals surface area contributed by atoms with Gasteiger partial charge in [-0.2, -0.15) is 0 Å². The van der Waals surface area contributed by atoms with E-state index in [0.717, 1.165) is 15.6 Å². The minimum absolute atomic E-state index is 0.0852. The van der Waals surface area contributed by atoms with Crippen molar-refractivity contribution in [1.82, 2.24) is 9.88 Å². The lowest BCUT2D eigenvalue weighted by Crippen LogP contribution is -2.36. The molecule has 0 saturated heterocycles. The number of hydrogen-bond donors (Lipinski definition) is 3. The fraction of sp³-hybridized carbons (Fsp3) is 0.208. The number of urea groups is 1.